The van der Waals surface area contributed by atoms with E-state index in [0.717, 1.165) is 32.1 Å². The molecule has 0 aromatic heterocycles. The maximum absolute atomic E-state index is 12.4. The van der Waals surface area contributed by atoms with E-state index < -0.39 is 0 Å². The smallest absolute Gasteiger partial charge is 0.332 e. The van der Waals surface area contributed by atoms with Gasteiger partial charge in [-0.05, 0) is 94.0 Å². The van der Waals surface area contributed by atoms with Gasteiger partial charge in [0.2, 0.25) is 0 Å². The molecule has 0 radical (unpaired) electrons. The first-order valence-corrected chi connectivity index (χ1v) is 14.1. The van der Waals surface area contributed by atoms with Crippen molar-refractivity contribution in [1.82, 2.24) is 0 Å². The summed E-state index contributed by atoms with van der Waals surface area (Å²) >= 11 is 0. The molecular formula is C31H46O3. The van der Waals surface area contributed by atoms with Gasteiger partial charge in [0, 0.05) is 0 Å². The molecule has 0 spiro atoms. The number of carbonyl (C=O) groups excluding carboxylic acids is 1. The van der Waals surface area contributed by atoms with Gasteiger partial charge in [-0.3, -0.25) is 0 Å². The Morgan fingerprint density at radius 2 is 1.82 bits per heavy atom. The topological polar surface area (TPSA) is 35.5 Å². The van der Waals surface area contributed by atoms with Crippen molar-refractivity contribution in [3.63, 3.8) is 0 Å². The monoisotopic (exact) mass is 466 g/mol. The normalized spacial score (nSPS) is 33.4. The maximum Gasteiger partial charge on any atom is 0.332 e. The Labute approximate surface area is 207 Å². The van der Waals surface area contributed by atoms with Crippen LogP contribution in [0.4, 0.5) is 0 Å². The van der Waals surface area contributed by atoms with Gasteiger partial charge in [-0.1, -0.05) is 74.6 Å². The standard InChI is InChI=1S/C31H46O3/c1-4-26-17-19-29-24(11-10-20-31(26,29)3)15-16-25-21-28(18-14-23(25)2)33-22-30(32)34-27-12-8-6-5-7-9-13-27/h15-17,27-29H,2,4-14,18-22H2,1,3H3/t28-,29-,31+/m0/s1. The van der Waals surface area contributed by atoms with Crippen LogP contribution >= 0.6 is 0 Å². The Balaban J connectivity index is 1.30. The molecular weight excluding hydrogens is 420 g/mol. The molecule has 0 unspecified atom stereocenters. The molecule has 0 amide bonds. The summed E-state index contributed by atoms with van der Waals surface area (Å²) in [5, 5.41) is 0. The molecule has 3 fully saturated rings. The fourth-order valence-electron chi connectivity index (χ4n) is 6.92. The quantitative estimate of drug-likeness (QED) is 0.292. The molecule has 188 valence electrons. The molecule has 0 bridgehead atoms. The van der Waals surface area contributed by atoms with Crippen LogP contribution < -0.4 is 0 Å². The van der Waals surface area contributed by atoms with E-state index in [0.29, 0.717) is 11.3 Å². The highest BCUT2D eigenvalue weighted by Gasteiger charge is 2.43. The van der Waals surface area contributed by atoms with E-state index in [1.165, 1.54) is 75.4 Å². The van der Waals surface area contributed by atoms with Crippen LogP contribution in [0.25, 0.3) is 0 Å². The molecule has 0 N–H and O–H groups in total. The minimum atomic E-state index is -0.190. The summed E-state index contributed by atoms with van der Waals surface area (Å²) in [5.41, 5.74) is 6.16. The van der Waals surface area contributed by atoms with Gasteiger partial charge in [-0.2, -0.15) is 0 Å². The second kappa shape index (κ2) is 11.9. The number of fused-ring (bicyclic) bond motifs is 1. The highest BCUT2D eigenvalue weighted by molar-refractivity contribution is 5.70. The lowest BCUT2D eigenvalue weighted by atomic mass is 9.64. The van der Waals surface area contributed by atoms with E-state index in [-0.39, 0.29) is 24.8 Å². The average molecular weight is 467 g/mol. The van der Waals surface area contributed by atoms with Crippen molar-refractivity contribution in [3.05, 3.63) is 47.1 Å². The van der Waals surface area contributed by atoms with Crippen molar-refractivity contribution in [1.29, 1.82) is 0 Å². The van der Waals surface area contributed by atoms with Crippen LogP contribution in [0.1, 0.15) is 110 Å². The first kappa shape index (κ1) is 25.5. The maximum atomic E-state index is 12.4. The van der Waals surface area contributed by atoms with Crippen LogP contribution in [0.5, 0.6) is 0 Å². The number of rotatable bonds is 6. The Morgan fingerprint density at radius 3 is 2.59 bits per heavy atom. The average Bonchev–Trinajstić information content (AvgIpc) is 3.16. The number of hydrogen-bond donors (Lipinski definition) is 0. The molecule has 4 aliphatic rings. The zero-order valence-electron chi connectivity index (χ0n) is 21.7. The van der Waals surface area contributed by atoms with Gasteiger partial charge in [0.25, 0.3) is 0 Å². The van der Waals surface area contributed by atoms with Gasteiger partial charge in [0.15, 0.2) is 0 Å². The summed E-state index contributed by atoms with van der Waals surface area (Å²) in [4.78, 5) is 12.4. The highest BCUT2D eigenvalue weighted by atomic mass is 16.6. The number of esters is 1. The molecule has 0 saturated heterocycles. The third-order valence-electron chi connectivity index (χ3n) is 9.05. The number of carbonyl (C=O) groups is 1. The Morgan fingerprint density at radius 1 is 1.06 bits per heavy atom. The summed E-state index contributed by atoms with van der Waals surface area (Å²) in [7, 11) is 0. The largest absolute Gasteiger partial charge is 0.461 e. The summed E-state index contributed by atoms with van der Waals surface area (Å²) in [6, 6.07) is 0. The van der Waals surface area contributed by atoms with Crippen LogP contribution in [0.2, 0.25) is 0 Å². The minimum Gasteiger partial charge on any atom is -0.461 e. The first-order valence-electron chi connectivity index (χ1n) is 14.1. The minimum absolute atomic E-state index is 0.0773. The van der Waals surface area contributed by atoms with Crippen molar-refractivity contribution in [2.75, 3.05) is 6.61 Å². The molecule has 4 aliphatic carbocycles. The van der Waals surface area contributed by atoms with Crippen LogP contribution in [0, 0.1) is 11.3 Å². The Hall–Kier alpha value is -1.61. The van der Waals surface area contributed by atoms with Crippen molar-refractivity contribution in [3.8, 4) is 0 Å². The highest BCUT2D eigenvalue weighted by Crippen LogP contribution is 2.55. The zero-order valence-corrected chi connectivity index (χ0v) is 21.7. The number of allylic oxidation sites excluding steroid dienone is 6. The predicted molar refractivity (Wildman–Crippen MR) is 140 cm³/mol. The number of hydrogen-bond acceptors (Lipinski definition) is 3. The van der Waals surface area contributed by atoms with Crippen molar-refractivity contribution < 1.29 is 14.3 Å². The lowest BCUT2D eigenvalue weighted by Crippen LogP contribution is -2.30. The lowest BCUT2D eigenvalue weighted by Gasteiger charge is -2.41. The number of ether oxygens (including phenoxy) is 2. The molecule has 0 heterocycles. The summed E-state index contributed by atoms with van der Waals surface area (Å²) in [6.07, 6.45) is 24.5. The second-order valence-electron chi connectivity index (χ2n) is 11.3. The van der Waals surface area contributed by atoms with Gasteiger partial charge in [0.05, 0.1) is 6.10 Å². The molecule has 34 heavy (non-hydrogen) atoms. The van der Waals surface area contributed by atoms with E-state index in [1.54, 1.807) is 11.1 Å². The van der Waals surface area contributed by atoms with Gasteiger partial charge < -0.3 is 9.47 Å². The van der Waals surface area contributed by atoms with Crippen LogP contribution in [-0.2, 0) is 14.3 Å². The van der Waals surface area contributed by atoms with E-state index in [9.17, 15) is 4.79 Å². The fraction of sp³-hybridized carbons (Fsp3) is 0.710. The van der Waals surface area contributed by atoms with Gasteiger partial charge >= 0.3 is 5.97 Å². The summed E-state index contributed by atoms with van der Waals surface area (Å²) in [6.45, 7) is 9.20. The molecule has 0 aromatic rings. The van der Waals surface area contributed by atoms with Crippen molar-refractivity contribution in [2.24, 2.45) is 11.3 Å². The summed E-state index contributed by atoms with van der Waals surface area (Å²) in [5.74, 6) is 0.476. The van der Waals surface area contributed by atoms with E-state index in [4.69, 9.17) is 9.47 Å². The third-order valence-corrected chi connectivity index (χ3v) is 9.05. The molecule has 0 aromatic carbocycles. The molecule has 3 saturated carbocycles. The zero-order chi connectivity index (χ0) is 24.0. The van der Waals surface area contributed by atoms with Crippen molar-refractivity contribution in [2.45, 2.75) is 122 Å². The van der Waals surface area contributed by atoms with E-state index in [2.05, 4.69) is 38.7 Å². The molecule has 3 nitrogen and oxygen atoms in total. The molecule has 4 rings (SSSR count). The van der Waals surface area contributed by atoms with Crippen LogP contribution in [0.15, 0.2) is 47.1 Å². The SMILES string of the molecule is C=C1CC[C@H](OCC(=O)OC2CCCCCCC2)CC1=CC=C1CCC[C@]2(C)C(CC)=CC[C@@H]12. The second-order valence-corrected chi connectivity index (χ2v) is 11.3. The van der Waals surface area contributed by atoms with Crippen LogP contribution in [0.3, 0.4) is 0 Å². The predicted octanol–water partition coefficient (Wildman–Crippen LogP) is 8.17. The molecule has 0 aliphatic heterocycles. The first-order chi connectivity index (χ1) is 16.5. The lowest BCUT2D eigenvalue weighted by molar-refractivity contribution is -0.157. The van der Waals surface area contributed by atoms with E-state index in [1.807, 2.05) is 0 Å². The molecule has 3 atom stereocenters. The van der Waals surface area contributed by atoms with E-state index >= 15 is 0 Å². The Bertz CT molecular complexity index is 824. The van der Waals surface area contributed by atoms with Crippen molar-refractivity contribution >= 4 is 5.97 Å². The van der Waals surface area contributed by atoms with Crippen LogP contribution in [-0.4, -0.2) is 24.8 Å². The fourth-order valence-corrected chi connectivity index (χ4v) is 6.92. The van der Waals surface area contributed by atoms with Gasteiger partial charge in [-0.25, -0.2) is 4.79 Å². The summed E-state index contributed by atoms with van der Waals surface area (Å²) < 4.78 is 11.8. The Kier molecular flexibility index (Phi) is 8.91. The third kappa shape index (κ3) is 6.14. The van der Waals surface area contributed by atoms with Gasteiger partial charge in [-0.15, -0.1) is 0 Å². The molecule has 3 heteroatoms. The van der Waals surface area contributed by atoms with Gasteiger partial charge in [0.1, 0.15) is 12.7 Å².